The van der Waals surface area contributed by atoms with E-state index in [0.29, 0.717) is 28.7 Å². The molecule has 4 rings (SSSR count). The summed E-state index contributed by atoms with van der Waals surface area (Å²) in [4.78, 5) is 39.2. The molecule has 0 spiro atoms. The maximum absolute atomic E-state index is 13.1. The molecule has 10 heteroatoms. The van der Waals surface area contributed by atoms with Crippen molar-refractivity contribution in [2.75, 3.05) is 6.54 Å². The Bertz CT molecular complexity index is 1370. The zero-order valence-electron chi connectivity index (χ0n) is 20.4. The van der Waals surface area contributed by atoms with E-state index in [-0.39, 0.29) is 24.3 Å². The molecule has 0 aromatic heterocycles. The van der Waals surface area contributed by atoms with Crippen LogP contribution in [0.15, 0.2) is 66.7 Å². The van der Waals surface area contributed by atoms with Crippen LogP contribution in [0.25, 0.3) is 11.1 Å². The Morgan fingerprint density at radius 3 is 2.39 bits per heavy atom. The van der Waals surface area contributed by atoms with Crippen LogP contribution in [0, 0.1) is 0 Å². The van der Waals surface area contributed by atoms with Gasteiger partial charge < -0.3 is 20.5 Å². The monoisotopic (exact) mass is 526 g/mol. The molecule has 1 aliphatic rings. The predicted octanol–water partition coefficient (Wildman–Crippen LogP) is 4.27. The maximum Gasteiger partial charge on any atom is 0.416 e. The summed E-state index contributed by atoms with van der Waals surface area (Å²) in [5.41, 5.74) is 6.97. The largest absolute Gasteiger partial charge is 0.423 e. The van der Waals surface area contributed by atoms with E-state index in [4.69, 9.17) is 10.5 Å². The van der Waals surface area contributed by atoms with Crippen LogP contribution in [0.4, 0.5) is 13.2 Å². The lowest BCUT2D eigenvalue weighted by atomic mass is 9.91. The van der Waals surface area contributed by atoms with Crippen LogP contribution in [-0.4, -0.2) is 40.4 Å². The molecule has 2 atom stereocenters. The zero-order chi connectivity index (χ0) is 27.6. The van der Waals surface area contributed by atoms with Crippen molar-refractivity contribution in [2.45, 2.75) is 38.1 Å². The number of aliphatic hydroxyl groups is 1. The Labute approximate surface area is 216 Å². The number of ether oxygens (including phenoxy) is 1. The van der Waals surface area contributed by atoms with Gasteiger partial charge in [-0.15, -0.1) is 0 Å². The number of nitrogens with two attached hydrogens (primary N) is 1. The highest BCUT2D eigenvalue weighted by Crippen LogP contribution is 2.34. The molecule has 2 unspecified atom stereocenters. The Morgan fingerprint density at radius 2 is 1.76 bits per heavy atom. The molecule has 198 valence electrons. The molecule has 0 saturated heterocycles. The summed E-state index contributed by atoms with van der Waals surface area (Å²) in [6, 6.07) is 14.5. The fourth-order valence-electron chi connectivity index (χ4n) is 4.53. The molecule has 3 aromatic carbocycles. The summed E-state index contributed by atoms with van der Waals surface area (Å²) in [7, 11) is 0. The SMILES string of the molecule is CC(O)CC(=O)N1CCc2cc(OC(=O)c3ccccc3-c3ccc(C(F)(F)F)cc3)ccc2C1C(N)=O. The van der Waals surface area contributed by atoms with Gasteiger partial charge in [0.2, 0.25) is 11.8 Å². The maximum atomic E-state index is 13.1. The molecule has 3 aromatic rings. The number of alkyl halides is 3. The average Bonchev–Trinajstić information content (AvgIpc) is 2.87. The van der Waals surface area contributed by atoms with Gasteiger partial charge in [-0.1, -0.05) is 36.4 Å². The minimum Gasteiger partial charge on any atom is -0.423 e. The van der Waals surface area contributed by atoms with Crippen LogP contribution in [0.1, 0.15) is 46.4 Å². The van der Waals surface area contributed by atoms with Crippen molar-refractivity contribution in [1.82, 2.24) is 4.90 Å². The first kappa shape index (κ1) is 26.9. The number of carbonyl (C=O) groups excluding carboxylic acids is 3. The molecule has 0 bridgehead atoms. The fraction of sp³-hybridized carbons (Fsp3) is 0.250. The van der Waals surface area contributed by atoms with E-state index in [0.717, 1.165) is 12.1 Å². The second kappa shape index (κ2) is 10.7. The minimum atomic E-state index is -4.47. The molecule has 0 fully saturated rings. The number of hydrogen-bond donors (Lipinski definition) is 2. The second-order valence-corrected chi connectivity index (χ2v) is 9.07. The van der Waals surface area contributed by atoms with Gasteiger partial charge in [-0.3, -0.25) is 9.59 Å². The van der Waals surface area contributed by atoms with Crippen LogP contribution in [-0.2, 0) is 22.2 Å². The molecule has 2 amide bonds. The number of esters is 1. The summed E-state index contributed by atoms with van der Waals surface area (Å²) in [6.07, 6.45) is -5.12. The molecule has 1 heterocycles. The van der Waals surface area contributed by atoms with Crippen LogP contribution >= 0.6 is 0 Å². The van der Waals surface area contributed by atoms with E-state index in [1.54, 1.807) is 30.3 Å². The number of aliphatic hydroxyl groups excluding tert-OH is 1. The summed E-state index contributed by atoms with van der Waals surface area (Å²) in [5.74, 6) is -1.63. The normalized spacial score (nSPS) is 15.9. The minimum absolute atomic E-state index is 0.146. The molecule has 7 nitrogen and oxygen atoms in total. The molecule has 0 radical (unpaired) electrons. The van der Waals surface area contributed by atoms with Gasteiger partial charge in [0.05, 0.1) is 23.7 Å². The number of rotatable bonds is 6. The third kappa shape index (κ3) is 5.70. The predicted molar refractivity (Wildman–Crippen MR) is 132 cm³/mol. The van der Waals surface area contributed by atoms with Crippen molar-refractivity contribution in [3.05, 3.63) is 89.0 Å². The highest BCUT2D eigenvalue weighted by atomic mass is 19.4. The molecule has 38 heavy (non-hydrogen) atoms. The van der Waals surface area contributed by atoms with E-state index in [1.807, 2.05) is 0 Å². The highest BCUT2D eigenvalue weighted by Gasteiger charge is 2.35. The van der Waals surface area contributed by atoms with E-state index in [2.05, 4.69) is 0 Å². The van der Waals surface area contributed by atoms with Crippen LogP contribution in [0.3, 0.4) is 0 Å². The number of carbonyl (C=O) groups is 3. The Morgan fingerprint density at radius 1 is 1.08 bits per heavy atom. The third-order valence-corrected chi connectivity index (χ3v) is 6.28. The van der Waals surface area contributed by atoms with Gasteiger partial charge in [-0.05, 0) is 65.9 Å². The number of hydrogen-bond acceptors (Lipinski definition) is 5. The standard InChI is InChI=1S/C28H25F3N2O5/c1-16(34)14-24(35)33-13-12-18-15-20(10-11-22(18)25(33)26(32)36)38-27(37)23-5-3-2-4-21(23)17-6-8-19(9-7-17)28(29,30)31/h2-11,15-16,25,34H,12-14H2,1H3,(H2,32,36). The van der Waals surface area contributed by atoms with Crippen molar-refractivity contribution >= 4 is 17.8 Å². The van der Waals surface area contributed by atoms with Crippen LogP contribution < -0.4 is 10.5 Å². The van der Waals surface area contributed by atoms with Gasteiger partial charge in [-0.2, -0.15) is 13.2 Å². The molecule has 0 aliphatic carbocycles. The molecular formula is C28H25F3N2O5. The Balaban J connectivity index is 1.58. The average molecular weight is 527 g/mol. The number of benzene rings is 3. The summed E-state index contributed by atoms with van der Waals surface area (Å²) < 4.78 is 44.4. The molecule has 1 aliphatic heterocycles. The van der Waals surface area contributed by atoms with E-state index >= 15 is 0 Å². The lowest BCUT2D eigenvalue weighted by molar-refractivity contribution is -0.141. The van der Waals surface area contributed by atoms with Crippen molar-refractivity contribution in [1.29, 1.82) is 0 Å². The topological polar surface area (TPSA) is 110 Å². The summed E-state index contributed by atoms with van der Waals surface area (Å²) in [5, 5.41) is 9.57. The van der Waals surface area contributed by atoms with Gasteiger partial charge >= 0.3 is 12.1 Å². The fourth-order valence-corrected chi connectivity index (χ4v) is 4.53. The van der Waals surface area contributed by atoms with Gasteiger partial charge in [0.15, 0.2) is 0 Å². The lowest BCUT2D eigenvalue weighted by Crippen LogP contribution is -2.46. The number of primary amides is 1. The Hall–Kier alpha value is -4.18. The van der Waals surface area contributed by atoms with Gasteiger partial charge in [0.25, 0.3) is 0 Å². The smallest absolute Gasteiger partial charge is 0.416 e. The molecule has 0 saturated carbocycles. The van der Waals surface area contributed by atoms with E-state index in [9.17, 15) is 32.7 Å². The van der Waals surface area contributed by atoms with Crippen LogP contribution in [0.2, 0.25) is 0 Å². The number of halogens is 3. The third-order valence-electron chi connectivity index (χ3n) is 6.28. The summed E-state index contributed by atoms with van der Waals surface area (Å²) in [6.45, 7) is 1.67. The first-order valence-corrected chi connectivity index (χ1v) is 11.8. The second-order valence-electron chi connectivity index (χ2n) is 9.07. The van der Waals surface area contributed by atoms with Gasteiger partial charge in [0, 0.05) is 6.54 Å². The number of fused-ring (bicyclic) bond motifs is 1. The first-order valence-electron chi connectivity index (χ1n) is 11.8. The van der Waals surface area contributed by atoms with Crippen molar-refractivity contribution < 1.29 is 37.4 Å². The van der Waals surface area contributed by atoms with Crippen molar-refractivity contribution in [2.24, 2.45) is 5.73 Å². The zero-order valence-corrected chi connectivity index (χ0v) is 20.4. The van der Waals surface area contributed by atoms with Crippen molar-refractivity contribution in [3.63, 3.8) is 0 Å². The molecule has 3 N–H and O–H groups in total. The van der Waals surface area contributed by atoms with E-state index < -0.39 is 41.7 Å². The number of nitrogens with zero attached hydrogens (tertiary/aromatic N) is 1. The van der Waals surface area contributed by atoms with Crippen molar-refractivity contribution in [3.8, 4) is 16.9 Å². The number of amides is 2. The quantitative estimate of drug-likeness (QED) is 0.368. The van der Waals surface area contributed by atoms with Gasteiger partial charge in [-0.25, -0.2) is 4.79 Å². The van der Waals surface area contributed by atoms with Crippen LogP contribution in [0.5, 0.6) is 5.75 Å². The Kier molecular flexibility index (Phi) is 7.54. The van der Waals surface area contributed by atoms with E-state index in [1.165, 1.54) is 36.1 Å². The summed E-state index contributed by atoms with van der Waals surface area (Å²) >= 11 is 0. The lowest BCUT2D eigenvalue weighted by Gasteiger charge is -2.36. The van der Waals surface area contributed by atoms with Gasteiger partial charge in [0.1, 0.15) is 11.8 Å². The first-order chi connectivity index (χ1) is 18.0. The molecular weight excluding hydrogens is 501 g/mol. The highest BCUT2D eigenvalue weighted by molar-refractivity contribution is 5.98.